The number of carbonyl (C=O) groups excluding carboxylic acids is 1. The minimum absolute atomic E-state index is 0.0245. The molecule has 0 saturated heterocycles. The van der Waals surface area contributed by atoms with Crippen LogP contribution in [0.15, 0.2) is 47.6 Å². The van der Waals surface area contributed by atoms with Crippen LogP contribution in [0.3, 0.4) is 0 Å². The average molecular weight is 393 g/mol. The SMILES string of the molecule is CC(C)(C)c1ccc([C@H]2C[C@H]2C(=O)N/N=C/c2cc(C(C)(C)C)ccc2O)cc1. The zero-order valence-electron chi connectivity index (χ0n) is 18.3. The summed E-state index contributed by atoms with van der Waals surface area (Å²) in [6.45, 7) is 12.9. The van der Waals surface area contributed by atoms with Crippen molar-refractivity contribution in [3.63, 3.8) is 0 Å². The molecule has 0 spiro atoms. The van der Waals surface area contributed by atoms with Crippen molar-refractivity contribution < 1.29 is 9.90 Å². The first-order valence-electron chi connectivity index (χ1n) is 10.2. The first-order valence-corrected chi connectivity index (χ1v) is 10.2. The van der Waals surface area contributed by atoms with Crippen molar-refractivity contribution in [1.29, 1.82) is 0 Å². The van der Waals surface area contributed by atoms with E-state index >= 15 is 0 Å². The van der Waals surface area contributed by atoms with Crippen molar-refractivity contribution in [2.24, 2.45) is 11.0 Å². The molecule has 0 aliphatic heterocycles. The Balaban J connectivity index is 1.60. The maximum Gasteiger partial charge on any atom is 0.243 e. The van der Waals surface area contributed by atoms with Gasteiger partial charge < -0.3 is 5.11 Å². The van der Waals surface area contributed by atoms with Crippen LogP contribution in [0.5, 0.6) is 5.75 Å². The lowest BCUT2D eigenvalue weighted by molar-refractivity contribution is -0.122. The van der Waals surface area contributed by atoms with Crippen LogP contribution >= 0.6 is 0 Å². The number of rotatable bonds is 4. The number of hydrogen-bond acceptors (Lipinski definition) is 3. The Morgan fingerprint density at radius 3 is 2.17 bits per heavy atom. The molecule has 1 fully saturated rings. The van der Waals surface area contributed by atoms with Gasteiger partial charge in [-0.1, -0.05) is 71.9 Å². The van der Waals surface area contributed by atoms with Gasteiger partial charge in [0, 0.05) is 11.5 Å². The van der Waals surface area contributed by atoms with Crippen LogP contribution in [0.4, 0.5) is 0 Å². The van der Waals surface area contributed by atoms with Gasteiger partial charge in [-0.3, -0.25) is 4.79 Å². The highest BCUT2D eigenvalue weighted by molar-refractivity contribution is 5.87. The molecule has 2 N–H and O–H groups in total. The lowest BCUT2D eigenvalue weighted by atomic mass is 9.86. The number of nitrogens with one attached hydrogen (secondary N) is 1. The van der Waals surface area contributed by atoms with E-state index in [1.165, 1.54) is 17.3 Å². The number of hydrogen-bond donors (Lipinski definition) is 2. The smallest absolute Gasteiger partial charge is 0.243 e. The second-order valence-electron chi connectivity index (χ2n) is 10.1. The molecule has 1 amide bonds. The first kappa shape index (κ1) is 21.1. The van der Waals surface area contributed by atoms with Crippen LogP contribution in [0.2, 0.25) is 0 Å². The van der Waals surface area contributed by atoms with Gasteiger partial charge in [0.25, 0.3) is 0 Å². The number of amides is 1. The van der Waals surface area contributed by atoms with Crippen molar-refractivity contribution >= 4 is 12.1 Å². The molecule has 4 nitrogen and oxygen atoms in total. The zero-order valence-corrected chi connectivity index (χ0v) is 18.3. The van der Waals surface area contributed by atoms with Gasteiger partial charge in [0.15, 0.2) is 0 Å². The normalized spacial score (nSPS) is 19.4. The van der Waals surface area contributed by atoms with Gasteiger partial charge in [0.05, 0.1) is 6.21 Å². The third-order valence-electron chi connectivity index (χ3n) is 5.60. The quantitative estimate of drug-likeness (QED) is 0.552. The summed E-state index contributed by atoms with van der Waals surface area (Å²) in [7, 11) is 0. The molecule has 4 heteroatoms. The summed E-state index contributed by atoms with van der Waals surface area (Å²) in [5, 5.41) is 14.1. The summed E-state index contributed by atoms with van der Waals surface area (Å²) in [5.74, 6) is 0.302. The maximum atomic E-state index is 12.4. The van der Waals surface area contributed by atoms with Crippen molar-refractivity contribution in [2.45, 2.75) is 64.7 Å². The summed E-state index contributed by atoms with van der Waals surface area (Å²) in [6, 6.07) is 14.1. The molecule has 1 aliphatic carbocycles. The van der Waals surface area contributed by atoms with E-state index < -0.39 is 0 Å². The highest BCUT2D eigenvalue weighted by atomic mass is 16.3. The molecule has 0 aromatic heterocycles. The van der Waals surface area contributed by atoms with Gasteiger partial charge in [0.1, 0.15) is 5.75 Å². The summed E-state index contributed by atoms with van der Waals surface area (Å²) in [6.07, 6.45) is 2.36. The number of nitrogens with zero attached hydrogens (tertiary/aromatic N) is 1. The summed E-state index contributed by atoms with van der Waals surface area (Å²) < 4.78 is 0. The lowest BCUT2D eigenvalue weighted by Gasteiger charge is -2.19. The summed E-state index contributed by atoms with van der Waals surface area (Å²) >= 11 is 0. The number of phenolic OH excluding ortho intramolecular Hbond substituents is 1. The molecular weight excluding hydrogens is 360 g/mol. The predicted molar refractivity (Wildman–Crippen MR) is 119 cm³/mol. The van der Waals surface area contributed by atoms with E-state index in [1.54, 1.807) is 6.07 Å². The Labute approximate surface area is 174 Å². The standard InChI is InChI=1S/C25H32N2O2/c1-24(2,3)18-9-7-16(8-10-18)20-14-21(20)23(29)27-26-15-17-13-19(25(4,5)6)11-12-22(17)28/h7-13,15,20-21,28H,14H2,1-6H3,(H,27,29)/b26-15+/t20-,21-/m1/s1. The molecule has 29 heavy (non-hydrogen) atoms. The fraction of sp³-hybridized carbons (Fsp3) is 0.440. The van der Waals surface area contributed by atoms with E-state index in [2.05, 4.69) is 76.3 Å². The van der Waals surface area contributed by atoms with Crippen molar-refractivity contribution in [2.75, 3.05) is 0 Å². The van der Waals surface area contributed by atoms with Crippen LogP contribution in [0.1, 0.15) is 76.1 Å². The zero-order chi connectivity index (χ0) is 21.4. The van der Waals surface area contributed by atoms with Crippen molar-refractivity contribution in [3.8, 4) is 5.75 Å². The first-order chi connectivity index (χ1) is 13.5. The molecule has 0 heterocycles. The van der Waals surface area contributed by atoms with Gasteiger partial charge >= 0.3 is 0 Å². The molecule has 3 rings (SSSR count). The molecule has 154 valence electrons. The highest BCUT2D eigenvalue weighted by Gasteiger charge is 2.44. The predicted octanol–water partition coefficient (Wildman–Crippen LogP) is 5.24. The second kappa shape index (κ2) is 7.66. The lowest BCUT2D eigenvalue weighted by Crippen LogP contribution is -2.20. The number of phenols is 1. The van der Waals surface area contributed by atoms with Gasteiger partial charge in [-0.05, 0) is 52.0 Å². The minimum Gasteiger partial charge on any atom is -0.507 e. The van der Waals surface area contributed by atoms with Crippen LogP contribution in [-0.4, -0.2) is 17.2 Å². The van der Waals surface area contributed by atoms with Gasteiger partial charge in [0.2, 0.25) is 5.91 Å². The Morgan fingerprint density at radius 2 is 1.59 bits per heavy atom. The van der Waals surface area contributed by atoms with Gasteiger partial charge in [-0.15, -0.1) is 0 Å². The molecular formula is C25H32N2O2. The molecule has 2 aromatic rings. The largest absolute Gasteiger partial charge is 0.507 e. The Hall–Kier alpha value is -2.62. The topological polar surface area (TPSA) is 61.7 Å². The number of aromatic hydroxyl groups is 1. The van der Waals surface area contributed by atoms with E-state index in [0.717, 1.165) is 12.0 Å². The summed E-state index contributed by atoms with van der Waals surface area (Å²) in [5.41, 5.74) is 6.94. The van der Waals surface area contributed by atoms with Crippen LogP contribution in [-0.2, 0) is 15.6 Å². The fourth-order valence-electron chi connectivity index (χ4n) is 3.46. The Morgan fingerprint density at radius 1 is 1.00 bits per heavy atom. The molecule has 0 radical (unpaired) electrons. The number of hydrazone groups is 1. The van der Waals surface area contributed by atoms with Gasteiger partial charge in [-0.25, -0.2) is 5.43 Å². The number of benzene rings is 2. The van der Waals surface area contributed by atoms with Gasteiger partial charge in [-0.2, -0.15) is 5.10 Å². The van der Waals surface area contributed by atoms with Crippen molar-refractivity contribution in [3.05, 3.63) is 64.7 Å². The minimum atomic E-state index is -0.0717. The van der Waals surface area contributed by atoms with Crippen molar-refractivity contribution in [1.82, 2.24) is 5.43 Å². The van der Waals surface area contributed by atoms with E-state index in [0.29, 0.717) is 5.56 Å². The van der Waals surface area contributed by atoms with Crippen LogP contribution in [0.25, 0.3) is 0 Å². The third kappa shape index (κ3) is 5.06. The Bertz CT molecular complexity index is 915. The van der Waals surface area contributed by atoms with Crippen LogP contribution < -0.4 is 5.43 Å². The van der Waals surface area contributed by atoms with E-state index in [9.17, 15) is 9.90 Å². The third-order valence-corrected chi connectivity index (χ3v) is 5.60. The van der Waals surface area contributed by atoms with E-state index in [1.807, 2.05) is 12.1 Å². The molecule has 2 aromatic carbocycles. The van der Waals surface area contributed by atoms with Crippen LogP contribution in [0, 0.1) is 5.92 Å². The van der Waals surface area contributed by atoms with E-state index in [-0.39, 0.29) is 34.3 Å². The number of carbonyl (C=O) groups is 1. The Kier molecular flexibility index (Phi) is 5.57. The molecule has 1 aliphatic rings. The average Bonchev–Trinajstić information content (AvgIpc) is 3.42. The highest BCUT2D eigenvalue weighted by Crippen LogP contribution is 2.47. The van der Waals surface area contributed by atoms with E-state index in [4.69, 9.17) is 0 Å². The second-order valence-corrected chi connectivity index (χ2v) is 10.1. The molecule has 1 saturated carbocycles. The molecule has 0 unspecified atom stereocenters. The monoisotopic (exact) mass is 392 g/mol. The maximum absolute atomic E-state index is 12.4. The molecule has 0 bridgehead atoms. The molecule has 2 atom stereocenters. The fourth-order valence-corrected chi connectivity index (χ4v) is 3.46. The summed E-state index contributed by atoms with van der Waals surface area (Å²) in [4.78, 5) is 12.4.